The number of rotatable bonds is 4. The number of carbonyl (C=O) groups excluding carboxylic acids is 1. The number of aryl methyl sites for hydroxylation is 1. The molecule has 0 spiro atoms. The maximum Gasteiger partial charge on any atom is 0.222 e. The molecule has 0 saturated heterocycles. The number of carbonyl (C=O) groups is 1. The van der Waals surface area contributed by atoms with Crippen molar-refractivity contribution in [3.8, 4) is 12.3 Å². The molecule has 0 aliphatic carbocycles. The van der Waals surface area contributed by atoms with E-state index in [4.69, 9.17) is 6.42 Å². The highest BCUT2D eigenvalue weighted by Gasteiger charge is 1.99. The van der Waals surface area contributed by atoms with Crippen LogP contribution in [0.15, 0.2) is 12.7 Å². The van der Waals surface area contributed by atoms with Gasteiger partial charge in [0.05, 0.1) is 13.1 Å². The third-order valence-corrected chi connectivity index (χ3v) is 1.42. The van der Waals surface area contributed by atoms with Gasteiger partial charge in [0.25, 0.3) is 0 Å². The number of terminal acetylenes is 1. The van der Waals surface area contributed by atoms with Crippen molar-refractivity contribution >= 4 is 5.91 Å². The Morgan fingerprint density at radius 1 is 1.69 bits per heavy atom. The monoisotopic (exact) mass is 178 g/mol. The molecule has 0 radical (unpaired) electrons. The third kappa shape index (κ3) is 3.38. The molecule has 1 aromatic heterocycles. The Bertz CT molecular complexity index is 298. The fourth-order valence-electron chi connectivity index (χ4n) is 0.802. The summed E-state index contributed by atoms with van der Waals surface area (Å²) in [5.41, 5.74) is 0. The summed E-state index contributed by atoms with van der Waals surface area (Å²) in [4.78, 5) is 14.8. The molecule has 1 heterocycles. The predicted molar refractivity (Wildman–Crippen MR) is 46.5 cm³/mol. The first-order valence-electron chi connectivity index (χ1n) is 3.85. The van der Waals surface area contributed by atoms with Crippen molar-refractivity contribution in [1.82, 2.24) is 20.1 Å². The lowest BCUT2D eigenvalue weighted by atomic mass is 10.4. The van der Waals surface area contributed by atoms with Crippen molar-refractivity contribution < 1.29 is 4.79 Å². The second-order valence-corrected chi connectivity index (χ2v) is 2.39. The molecule has 1 rings (SSSR count). The van der Waals surface area contributed by atoms with Gasteiger partial charge in [-0.15, -0.1) is 6.42 Å². The molecule has 1 N–H and O–H groups in total. The van der Waals surface area contributed by atoms with Gasteiger partial charge >= 0.3 is 0 Å². The van der Waals surface area contributed by atoms with Crippen molar-refractivity contribution in [3.05, 3.63) is 12.7 Å². The van der Waals surface area contributed by atoms with Crippen molar-refractivity contribution in [1.29, 1.82) is 0 Å². The topological polar surface area (TPSA) is 59.8 Å². The molecule has 1 aromatic rings. The van der Waals surface area contributed by atoms with Crippen LogP contribution < -0.4 is 5.32 Å². The summed E-state index contributed by atoms with van der Waals surface area (Å²) < 4.78 is 1.59. The Balaban J connectivity index is 2.20. The quantitative estimate of drug-likeness (QED) is 0.627. The predicted octanol–water partition coefficient (Wildman–Crippen LogP) is -0.582. The molecular weight excluding hydrogens is 168 g/mol. The van der Waals surface area contributed by atoms with Crippen LogP contribution in [0.25, 0.3) is 0 Å². The van der Waals surface area contributed by atoms with Gasteiger partial charge in [-0.25, -0.2) is 4.98 Å². The van der Waals surface area contributed by atoms with E-state index >= 15 is 0 Å². The summed E-state index contributed by atoms with van der Waals surface area (Å²) in [5.74, 6) is 2.25. The third-order valence-electron chi connectivity index (χ3n) is 1.42. The van der Waals surface area contributed by atoms with Crippen molar-refractivity contribution in [2.45, 2.75) is 13.0 Å². The highest BCUT2D eigenvalue weighted by molar-refractivity contribution is 5.75. The van der Waals surface area contributed by atoms with Crippen LogP contribution in [-0.2, 0) is 11.3 Å². The Labute approximate surface area is 76.2 Å². The van der Waals surface area contributed by atoms with Crippen LogP contribution in [0.5, 0.6) is 0 Å². The average Bonchev–Trinajstić information content (AvgIpc) is 2.64. The zero-order valence-electron chi connectivity index (χ0n) is 7.10. The fraction of sp³-hybridized carbons (Fsp3) is 0.375. The van der Waals surface area contributed by atoms with E-state index in [2.05, 4.69) is 21.3 Å². The number of nitrogens with zero attached hydrogens (tertiary/aromatic N) is 3. The normalized spacial score (nSPS) is 9.15. The van der Waals surface area contributed by atoms with Crippen molar-refractivity contribution in [2.24, 2.45) is 0 Å². The van der Waals surface area contributed by atoms with Crippen LogP contribution in [0.4, 0.5) is 0 Å². The maximum absolute atomic E-state index is 11.0. The molecule has 5 heteroatoms. The summed E-state index contributed by atoms with van der Waals surface area (Å²) >= 11 is 0. The molecular formula is C8H10N4O. The fourth-order valence-corrected chi connectivity index (χ4v) is 0.802. The van der Waals surface area contributed by atoms with E-state index < -0.39 is 0 Å². The molecule has 0 aromatic carbocycles. The molecule has 0 aliphatic heterocycles. The second kappa shape index (κ2) is 4.93. The molecule has 0 atom stereocenters. The standard InChI is InChI=1S/C8H10N4O/c1-2-4-10-8(13)3-5-12-7-9-6-11-12/h1,6-7H,3-5H2,(H,10,13). The van der Waals surface area contributed by atoms with E-state index in [-0.39, 0.29) is 12.5 Å². The molecule has 0 unspecified atom stereocenters. The first kappa shape index (κ1) is 9.26. The van der Waals surface area contributed by atoms with Crippen LogP contribution >= 0.6 is 0 Å². The van der Waals surface area contributed by atoms with E-state index in [0.29, 0.717) is 13.0 Å². The van der Waals surface area contributed by atoms with Gasteiger partial charge < -0.3 is 5.32 Å². The Morgan fingerprint density at radius 2 is 2.54 bits per heavy atom. The Kier molecular flexibility index (Phi) is 3.51. The number of amides is 1. The van der Waals surface area contributed by atoms with Crippen LogP contribution in [0.2, 0.25) is 0 Å². The summed E-state index contributed by atoms with van der Waals surface area (Å²) in [7, 11) is 0. The first-order valence-corrected chi connectivity index (χ1v) is 3.85. The molecule has 68 valence electrons. The maximum atomic E-state index is 11.0. The molecule has 1 amide bonds. The van der Waals surface area contributed by atoms with Crippen LogP contribution in [0.1, 0.15) is 6.42 Å². The van der Waals surface area contributed by atoms with Gasteiger partial charge in [0.15, 0.2) is 0 Å². The van der Waals surface area contributed by atoms with E-state index in [1.165, 1.54) is 6.33 Å². The number of hydrogen-bond acceptors (Lipinski definition) is 3. The van der Waals surface area contributed by atoms with Crippen molar-refractivity contribution in [3.63, 3.8) is 0 Å². The zero-order chi connectivity index (χ0) is 9.52. The van der Waals surface area contributed by atoms with Gasteiger partial charge in [0.1, 0.15) is 12.7 Å². The average molecular weight is 178 g/mol. The number of hydrogen-bond donors (Lipinski definition) is 1. The highest BCUT2D eigenvalue weighted by Crippen LogP contribution is 1.86. The Morgan fingerprint density at radius 3 is 3.15 bits per heavy atom. The number of aromatic nitrogens is 3. The second-order valence-electron chi connectivity index (χ2n) is 2.39. The summed E-state index contributed by atoms with van der Waals surface area (Å²) in [6.07, 6.45) is 8.34. The summed E-state index contributed by atoms with van der Waals surface area (Å²) in [6.45, 7) is 0.798. The SMILES string of the molecule is C#CCNC(=O)CCn1cncn1. The lowest BCUT2D eigenvalue weighted by Crippen LogP contribution is -2.24. The molecule has 0 bridgehead atoms. The Hall–Kier alpha value is -1.83. The van der Waals surface area contributed by atoms with E-state index in [1.807, 2.05) is 0 Å². The van der Waals surface area contributed by atoms with E-state index in [9.17, 15) is 4.79 Å². The van der Waals surface area contributed by atoms with Gasteiger partial charge in [-0.2, -0.15) is 5.10 Å². The smallest absolute Gasteiger partial charge is 0.222 e. The van der Waals surface area contributed by atoms with E-state index in [1.54, 1.807) is 11.0 Å². The minimum Gasteiger partial charge on any atom is -0.345 e. The highest BCUT2D eigenvalue weighted by atomic mass is 16.1. The molecule has 0 aliphatic rings. The van der Waals surface area contributed by atoms with E-state index in [0.717, 1.165) is 0 Å². The van der Waals surface area contributed by atoms with Gasteiger partial charge in [-0.1, -0.05) is 5.92 Å². The number of nitrogens with one attached hydrogen (secondary N) is 1. The van der Waals surface area contributed by atoms with Gasteiger partial charge in [0, 0.05) is 6.42 Å². The lowest BCUT2D eigenvalue weighted by molar-refractivity contribution is -0.121. The first-order chi connectivity index (χ1) is 6.33. The minimum absolute atomic E-state index is 0.0755. The van der Waals surface area contributed by atoms with Crippen LogP contribution in [-0.4, -0.2) is 27.2 Å². The molecule has 0 fully saturated rings. The summed E-state index contributed by atoms with van der Waals surface area (Å²) in [6, 6.07) is 0. The largest absolute Gasteiger partial charge is 0.345 e. The van der Waals surface area contributed by atoms with Gasteiger partial charge in [0.2, 0.25) is 5.91 Å². The lowest BCUT2D eigenvalue weighted by Gasteiger charge is -2.00. The van der Waals surface area contributed by atoms with Crippen molar-refractivity contribution in [2.75, 3.05) is 6.54 Å². The van der Waals surface area contributed by atoms with Gasteiger partial charge in [-0.3, -0.25) is 9.48 Å². The molecule has 0 saturated carbocycles. The minimum atomic E-state index is -0.0755. The zero-order valence-corrected chi connectivity index (χ0v) is 7.10. The molecule has 13 heavy (non-hydrogen) atoms. The van der Waals surface area contributed by atoms with Gasteiger partial charge in [-0.05, 0) is 0 Å². The van der Waals surface area contributed by atoms with Crippen LogP contribution in [0, 0.1) is 12.3 Å². The molecule has 5 nitrogen and oxygen atoms in total. The van der Waals surface area contributed by atoms with Crippen LogP contribution in [0.3, 0.4) is 0 Å². The summed E-state index contributed by atoms with van der Waals surface area (Å²) in [5, 5.41) is 6.41.